The number of benzene rings is 2. The van der Waals surface area contributed by atoms with E-state index in [1.54, 1.807) is 24.3 Å². The van der Waals surface area contributed by atoms with Crippen molar-refractivity contribution < 1.29 is 9.59 Å². The zero-order chi connectivity index (χ0) is 17.9. The van der Waals surface area contributed by atoms with Crippen molar-refractivity contribution in [1.82, 2.24) is 15.4 Å². The van der Waals surface area contributed by atoms with E-state index in [2.05, 4.69) is 15.7 Å². The highest BCUT2D eigenvalue weighted by Gasteiger charge is 2.34. The molecular formula is C20H16N4O2. The number of aromatic nitrogens is 1. The topological polar surface area (TPSA) is 74.3 Å². The first kappa shape index (κ1) is 15.8. The van der Waals surface area contributed by atoms with Gasteiger partial charge in [-0.15, -0.1) is 0 Å². The fourth-order valence-corrected chi connectivity index (χ4v) is 2.91. The smallest absolute Gasteiger partial charge is 0.276 e. The Morgan fingerprint density at radius 1 is 0.962 bits per heavy atom. The van der Waals surface area contributed by atoms with Gasteiger partial charge in [-0.25, -0.2) is 5.01 Å². The van der Waals surface area contributed by atoms with Gasteiger partial charge in [0, 0.05) is 23.6 Å². The third-order valence-electron chi connectivity index (χ3n) is 4.21. The van der Waals surface area contributed by atoms with Gasteiger partial charge in [0.15, 0.2) is 0 Å². The lowest BCUT2D eigenvalue weighted by molar-refractivity contribution is 0.0491. The normalized spacial score (nSPS) is 15.8. The van der Waals surface area contributed by atoms with Crippen LogP contribution in [0.3, 0.4) is 0 Å². The van der Waals surface area contributed by atoms with Gasteiger partial charge in [-0.1, -0.05) is 42.5 Å². The van der Waals surface area contributed by atoms with Crippen LogP contribution in [0.2, 0.25) is 0 Å². The maximum Gasteiger partial charge on any atom is 0.276 e. The maximum absolute atomic E-state index is 13.0. The largest absolute Gasteiger partial charge is 0.359 e. The molecule has 4 rings (SSSR count). The summed E-state index contributed by atoms with van der Waals surface area (Å²) in [6.07, 6.45) is 2.56. The van der Waals surface area contributed by atoms with Gasteiger partial charge >= 0.3 is 0 Å². The number of carbonyl (C=O) groups excluding carboxylic acids is 2. The number of hydrogen-bond acceptors (Lipinski definition) is 4. The van der Waals surface area contributed by atoms with Crippen LogP contribution < -0.4 is 10.7 Å². The fraction of sp³-hybridized carbons (Fsp3) is 0.0500. The highest BCUT2D eigenvalue weighted by molar-refractivity contribution is 6.03. The summed E-state index contributed by atoms with van der Waals surface area (Å²) in [7, 11) is 0. The average molecular weight is 344 g/mol. The molecule has 1 atom stereocenters. The van der Waals surface area contributed by atoms with Crippen molar-refractivity contribution >= 4 is 17.5 Å². The van der Waals surface area contributed by atoms with Crippen molar-refractivity contribution in [1.29, 1.82) is 0 Å². The van der Waals surface area contributed by atoms with E-state index in [1.807, 2.05) is 42.5 Å². The summed E-state index contributed by atoms with van der Waals surface area (Å²) in [6.45, 7) is 0. The Kier molecular flexibility index (Phi) is 4.07. The minimum absolute atomic E-state index is 0.268. The molecule has 0 aliphatic carbocycles. The molecular weight excluding hydrogens is 328 g/mol. The number of hydrogen-bond donors (Lipinski definition) is 2. The summed E-state index contributed by atoms with van der Waals surface area (Å²) in [5.41, 5.74) is 5.27. The van der Waals surface area contributed by atoms with E-state index >= 15 is 0 Å². The molecule has 26 heavy (non-hydrogen) atoms. The molecule has 0 radical (unpaired) electrons. The number of nitrogens with one attached hydrogen (secondary N) is 2. The van der Waals surface area contributed by atoms with E-state index in [-0.39, 0.29) is 11.8 Å². The highest BCUT2D eigenvalue weighted by atomic mass is 16.2. The molecule has 2 heterocycles. The molecule has 0 fully saturated rings. The average Bonchev–Trinajstić information content (AvgIpc) is 2.71. The Labute approximate surface area is 150 Å². The first-order chi connectivity index (χ1) is 12.7. The summed E-state index contributed by atoms with van der Waals surface area (Å²) in [4.78, 5) is 29.5. The monoisotopic (exact) mass is 344 g/mol. The number of anilines is 1. The number of hydrazine groups is 1. The van der Waals surface area contributed by atoms with Gasteiger partial charge in [0.2, 0.25) is 0 Å². The van der Waals surface area contributed by atoms with Crippen LogP contribution in [0.15, 0.2) is 79.1 Å². The second-order valence-electron chi connectivity index (χ2n) is 5.86. The quantitative estimate of drug-likeness (QED) is 0.766. The first-order valence-electron chi connectivity index (χ1n) is 8.19. The minimum atomic E-state index is -0.510. The van der Waals surface area contributed by atoms with Crippen molar-refractivity contribution in [2.75, 3.05) is 5.32 Å². The summed E-state index contributed by atoms with van der Waals surface area (Å²) in [6, 6.07) is 20.0. The number of amides is 2. The van der Waals surface area contributed by atoms with Crippen LogP contribution in [-0.2, 0) is 0 Å². The highest BCUT2D eigenvalue weighted by Crippen LogP contribution is 2.31. The van der Waals surface area contributed by atoms with Gasteiger partial charge in [0.05, 0.1) is 5.56 Å². The summed E-state index contributed by atoms with van der Waals surface area (Å²) in [5, 5.41) is 4.66. The predicted octanol–water partition coefficient (Wildman–Crippen LogP) is 2.99. The van der Waals surface area contributed by atoms with Crippen LogP contribution >= 0.6 is 0 Å². The van der Waals surface area contributed by atoms with E-state index in [0.717, 1.165) is 11.3 Å². The molecule has 6 nitrogen and oxygen atoms in total. The Balaban J connectivity index is 1.71. The number of carbonyl (C=O) groups is 2. The Morgan fingerprint density at radius 3 is 2.42 bits per heavy atom. The lowest BCUT2D eigenvalue weighted by Crippen LogP contribution is -2.52. The molecule has 1 aliphatic rings. The number of rotatable bonds is 3. The van der Waals surface area contributed by atoms with Crippen LogP contribution in [0.1, 0.15) is 32.4 Å². The van der Waals surface area contributed by atoms with Crippen LogP contribution in [0.5, 0.6) is 0 Å². The fourth-order valence-electron chi connectivity index (χ4n) is 2.91. The molecule has 128 valence electrons. The molecule has 0 saturated carbocycles. The maximum atomic E-state index is 13.0. The third-order valence-corrected chi connectivity index (χ3v) is 4.21. The van der Waals surface area contributed by atoms with Crippen molar-refractivity contribution in [2.24, 2.45) is 0 Å². The number of fused-ring (bicyclic) bond motifs is 1. The third kappa shape index (κ3) is 2.88. The molecule has 2 amide bonds. The molecule has 6 heteroatoms. The zero-order valence-corrected chi connectivity index (χ0v) is 13.8. The van der Waals surface area contributed by atoms with Gasteiger partial charge in [-0.2, -0.15) is 0 Å². The number of pyridine rings is 1. The standard InChI is InChI=1S/C20H16N4O2/c25-19(15-10-12-21-13-11-15)23-24-18(14-6-2-1-3-7-14)22-17-9-5-4-8-16(17)20(24)26/h1-13,18,22H,(H,23,25). The summed E-state index contributed by atoms with van der Waals surface area (Å²) >= 11 is 0. The van der Waals surface area contributed by atoms with E-state index in [9.17, 15) is 9.59 Å². The zero-order valence-electron chi connectivity index (χ0n) is 13.8. The van der Waals surface area contributed by atoms with Crippen molar-refractivity contribution in [3.05, 3.63) is 95.8 Å². The van der Waals surface area contributed by atoms with Crippen LogP contribution in [0.25, 0.3) is 0 Å². The van der Waals surface area contributed by atoms with Crippen LogP contribution in [0.4, 0.5) is 5.69 Å². The van der Waals surface area contributed by atoms with Crippen LogP contribution in [0, 0.1) is 0 Å². The molecule has 2 aromatic carbocycles. The van der Waals surface area contributed by atoms with Gasteiger partial charge in [-0.05, 0) is 29.8 Å². The molecule has 1 aliphatic heterocycles. The van der Waals surface area contributed by atoms with Gasteiger partial charge in [-0.3, -0.25) is 20.0 Å². The molecule has 0 saturated heterocycles. The SMILES string of the molecule is O=C(NN1C(=O)c2ccccc2NC1c1ccccc1)c1ccncc1. The van der Waals surface area contributed by atoms with E-state index in [1.165, 1.54) is 17.4 Å². The molecule has 1 unspecified atom stereocenters. The van der Waals surface area contributed by atoms with E-state index in [0.29, 0.717) is 11.1 Å². The summed E-state index contributed by atoms with van der Waals surface area (Å²) in [5.74, 6) is -0.640. The predicted molar refractivity (Wildman–Crippen MR) is 97.1 cm³/mol. The first-order valence-corrected chi connectivity index (χ1v) is 8.19. The lowest BCUT2D eigenvalue weighted by atomic mass is 10.0. The minimum Gasteiger partial charge on any atom is -0.359 e. The molecule has 0 spiro atoms. The molecule has 2 N–H and O–H groups in total. The molecule has 0 bridgehead atoms. The van der Waals surface area contributed by atoms with Gasteiger partial charge in [0.25, 0.3) is 11.8 Å². The number of para-hydroxylation sites is 1. The second-order valence-corrected chi connectivity index (χ2v) is 5.86. The van der Waals surface area contributed by atoms with Crippen LogP contribution in [-0.4, -0.2) is 21.8 Å². The van der Waals surface area contributed by atoms with Gasteiger partial charge in [0.1, 0.15) is 6.17 Å². The van der Waals surface area contributed by atoms with Crippen molar-refractivity contribution in [3.8, 4) is 0 Å². The molecule has 1 aromatic heterocycles. The Bertz CT molecular complexity index is 944. The van der Waals surface area contributed by atoms with E-state index < -0.39 is 6.17 Å². The van der Waals surface area contributed by atoms with Crippen molar-refractivity contribution in [3.63, 3.8) is 0 Å². The van der Waals surface area contributed by atoms with Crippen molar-refractivity contribution in [2.45, 2.75) is 6.17 Å². The molecule has 3 aromatic rings. The van der Waals surface area contributed by atoms with Gasteiger partial charge < -0.3 is 5.32 Å². The number of nitrogens with zero attached hydrogens (tertiary/aromatic N) is 2. The van der Waals surface area contributed by atoms with E-state index in [4.69, 9.17) is 0 Å². The Hall–Kier alpha value is -3.67. The lowest BCUT2D eigenvalue weighted by Gasteiger charge is -2.37. The second kappa shape index (κ2) is 6.68. The summed E-state index contributed by atoms with van der Waals surface area (Å²) < 4.78 is 0. The Morgan fingerprint density at radius 2 is 1.65 bits per heavy atom.